The second-order valence-electron chi connectivity index (χ2n) is 6.59. The lowest BCUT2D eigenvalue weighted by Gasteiger charge is -2.39. The van der Waals surface area contributed by atoms with Crippen LogP contribution in [0.2, 0.25) is 5.15 Å². The Bertz CT molecular complexity index is 515. The third-order valence-corrected chi connectivity index (χ3v) is 3.67. The predicted octanol–water partition coefficient (Wildman–Crippen LogP) is 2.57. The molecular formula is C15H23ClN4O2. The molecule has 1 aromatic heterocycles. The Morgan fingerprint density at radius 3 is 2.64 bits per heavy atom. The Hall–Kier alpha value is -1.40. The van der Waals surface area contributed by atoms with E-state index in [4.69, 9.17) is 16.3 Å². The first-order valence-corrected chi connectivity index (χ1v) is 7.82. The summed E-state index contributed by atoms with van der Waals surface area (Å²) in [6.45, 7) is 10.5. The molecule has 0 saturated carbocycles. The summed E-state index contributed by atoms with van der Waals surface area (Å²) in [5, 5.41) is 8.33. The number of aromatic nitrogens is 2. The molecule has 2 heterocycles. The molecule has 1 saturated heterocycles. The van der Waals surface area contributed by atoms with Gasteiger partial charge >= 0.3 is 6.09 Å². The zero-order valence-corrected chi connectivity index (χ0v) is 14.3. The van der Waals surface area contributed by atoms with Crippen LogP contribution in [0.3, 0.4) is 0 Å². The first-order valence-electron chi connectivity index (χ1n) is 7.45. The highest BCUT2D eigenvalue weighted by Gasteiger charge is 2.29. The number of piperazine rings is 1. The molecule has 1 aromatic rings. The lowest BCUT2D eigenvalue weighted by atomic mass is 10.2. The SMILES string of the molecule is C[C@@H]1CN(C(=O)OC(C)(C)C)CCN1Cc1ccc(Cl)nn1. The van der Waals surface area contributed by atoms with Crippen LogP contribution in [0.25, 0.3) is 0 Å². The van der Waals surface area contributed by atoms with Gasteiger partial charge < -0.3 is 9.64 Å². The molecule has 6 nitrogen and oxygen atoms in total. The van der Waals surface area contributed by atoms with Crippen LogP contribution in [0.1, 0.15) is 33.4 Å². The number of nitrogens with zero attached hydrogens (tertiary/aromatic N) is 4. The van der Waals surface area contributed by atoms with Crippen molar-refractivity contribution in [1.82, 2.24) is 20.0 Å². The summed E-state index contributed by atoms with van der Waals surface area (Å²) in [6, 6.07) is 3.85. The first kappa shape index (κ1) is 17.0. The Labute approximate surface area is 136 Å². The molecule has 1 atom stereocenters. The van der Waals surface area contributed by atoms with Gasteiger partial charge in [-0.3, -0.25) is 4.90 Å². The molecule has 1 fully saturated rings. The molecule has 122 valence electrons. The van der Waals surface area contributed by atoms with Crippen molar-refractivity contribution in [1.29, 1.82) is 0 Å². The average Bonchev–Trinajstić information content (AvgIpc) is 2.41. The van der Waals surface area contributed by atoms with Crippen molar-refractivity contribution < 1.29 is 9.53 Å². The number of hydrogen-bond acceptors (Lipinski definition) is 5. The summed E-state index contributed by atoms with van der Waals surface area (Å²) in [5.41, 5.74) is 0.415. The summed E-state index contributed by atoms with van der Waals surface area (Å²) < 4.78 is 5.42. The van der Waals surface area contributed by atoms with Crippen LogP contribution in [0.4, 0.5) is 4.79 Å². The van der Waals surface area contributed by atoms with E-state index < -0.39 is 5.60 Å². The van der Waals surface area contributed by atoms with Crippen molar-refractivity contribution in [2.24, 2.45) is 0 Å². The molecule has 0 radical (unpaired) electrons. The van der Waals surface area contributed by atoms with Crippen molar-refractivity contribution in [3.05, 3.63) is 23.0 Å². The van der Waals surface area contributed by atoms with Gasteiger partial charge in [0.2, 0.25) is 0 Å². The van der Waals surface area contributed by atoms with Gasteiger partial charge in [0.1, 0.15) is 5.60 Å². The van der Waals surface area contributed by atoms with E-state index in [1.807, 2.05) is 26.8 Å². The number of rotatable bonds is 2. The minimum Gasteiger partial charge on any atom is -0.444 e. The van der Waals surface area contributed by atoms with Crippen molar-refractivity contribution in [3.63, 3.8) is 0 Å². The zero-order valence-electron chi connectivity index (χ0n) is 13.5. The number of ether oxygens (including phenoxy) is 1. The monoisotopic (exact) mass is 326 g/mol. The largest absolute Gasteiger partial charge is 0.444 e. The molecule has 2 rings (SSSR count). The van der Waals surface area contributed by atoms with Gasteiger partial charge in [0.15, 0.2) is 5.15 Å². The first-order chi connectivity index (χ1) is 10.2. The molecule has 7 heteroatoms. The molecule has 22 heavy (non-hydrogen) atoms. The standard InChI is InChI=1S/C15H23ClN4O2/c1-11-9-20(14(21)22-15(2,3)4)8-7-19(11)10-12-5-6-13(16)18-17-12/h5-6,11H,7-10H2,1-4H3/t11-/m1/s1. The lowest BCUT2D eigenvalue weighted by molar-refractivity contribution is 0.00441. The van der Waals surface area contributed by atoms with Crippen LogP contribution in [0, 0.1) is 0 Å². The number of carbonyl (C=O) groups is 1. The average molecular weight is 327 g/mol. The van der Waals surface area contributed by atoms with Gasteiger partial charge in [-0.05, 0) is 39.8 Å². The third kappa shape index (κ3) is 4.81. The number of carbonyl (C=O) groups excluding carboxylic acids is 1. The smallest absolute Gasteiger partial charge is 0.410 e. The molecule has 0 aromatic carbocycles. The number of amides is 1. The van der Waals surface area contributed by atoms with Crippen LogP contribution in [0.5, 0.6) is 0 Å². The van der Waals surface area contributed by atoms with E-state index >= 15 is 0 Å². The van der Waals surface area contributed by atoms with E-state index in [1.54, 1.807) is 11.0 Å². The van der Waals surface area contributed by atoms with E-state index in [9.17, 15) is 4.79 Å². The van der Waals surface area contributed by atoms with Crippen molar-refractivity contribution in [3.8, 4) is 0 Å². The second-order valence-corrected chi connectivity index (χ2v) is 6.98. The van der Waals surface area contributed by atoms with Crippen molar-refractivity contribution in [2.75, 3.05) is 19.6 Å². The minimum absolute atomic E-state index is 0.235. The summed E-state index contributed by atoms with van der Waals surface area (Å²) >= 11 is 5.74. The quantitative estimate of drug-likeness (QED) is 0.836. The van der Waals surface area contributed by atoms with E-state index in [0.29, 0.717) is 24.8 Å². The Kier molecular flexibility index (Phi) is 5.24. The van der Waals surface area contributed by atoms with E-state index in [1.165, 1.54) is 0 Å². The van der Waals surface area contributed by atoms with Crippen LogP contribution >= 0.6 is 11.6 Å². The molecule has 1 aliphatic heterocycles. The summed E-state index contributed by atoms with van der Waals surface area (Å²) in [4.78, 5) is 16.2. The molecule has 0 N–H and O–H groups in total. The van der Waals surface area contributed by atoms with Crippen LogP contribution in [-0.2, 0) is 11.3 Å². The number of hydrogen-bond donors (Lipinski definition) is 0. The van der Waals surface area contributed by atoms with Crippen LogP contribution in [0.15, 0.2) is 12.1 Å². The Balaban J connectivity index is 1.90. The summed E-state index contributed by atoms with van der Waals surface area (Å²) in [7, 11) is 0. The maximum absolute atomic E-state index is 12.1. The van der Waals surface area contributed by atoms with E-state index in [-0.39, 0.29) is 12.1 Å². The van der Waals surface area contributed by atoms with Gasteiger partial charge in [-0.25, -0.2) is 4.79 Å². The lowest BCUT2D eigenvalue weighted by Crippen LogP contribution is -2.54. The van der Waals surface area contributed by atoms with Gasteiger partial charge in [0.25, 0.3) is 0 Å². The third-order valence-electron chi connectivity index (χ3n) is 3.47. The Morgan fingerprint density at radius 2 is 2.09 bits per heavy atom. The van der Waals surface area contributed by atoms with Crippen LogP contribution in [-0.4, -0.2) is 57.4 Å². The molecule has 1 amide bonds. The van der Waals surface area contributed by atoms with Gasteiger partial charge in [-0.1, -0.05) is 11.6 Å². The second kappa shape index (κ2) is 6.79. The Morgan fingerprint density at radius 1 is 1.36 bits per heavy atom. The fourth-order valence-corrected chi connectivity index (χ4v) is 2.46. The molecular weight excluding hydrogens is 304 g/mol. The fourth-order valence-electron chi connectivity index (χ4n) is 2.36. The molecule has 0 unspecified atom stereocenters. The van der Waals surface area contributed by atoms with Crippen molar-refractivity contribution >= 4 is 17.7 Å². The van der Waals surface area contributed by atoms with Crippen molar-refractivity contribution in [2.45, 2.75) is 45.9 Å². The van der Waals surface area contributed by atoms with Crippen LogP contribution < -0.4 is 0 Å². The molecule has 0 spiro atoms. The highest BCUT2D eigenvalue weighted by molar-refractivity contribution is 6.29. The minimum atomic E-state index is -0.462. The van der Waals surface area contributed by atoms with Gasteiger partial charge in [0, 0.05) is 32.2 Å². The van der Waals surface area contributed by atoms with E-state index in [0.717, 1.165) is 12.2 Å². The molecule has 1 aliphatic rings. The highest BCUT2D eigenvalue weighted by Crippen LogP contribution is 2.16. The van der Waals surface area contributed by atoms with Gasteiger partial charge in [0.05, 0.1) is 5.69 Å². The van der Waals surface area contributed by atoms with E-state index in [2.05, 4.69) is 22.0 Å². The molecule has 0 aliphatic carbocycles. The zero-order chi connectivity index (χ0) is 16.3. The normalized spacial score (nSPS) is 20.0. The summed E-state index contributed by atoms with van der Waals surface area (Å²) in [6.07, 6.45) is -0.245. The fraction of sp³-hybridized carbons (Fsp3) is 0.667. The number of halogens is 1. The topological polar surface area (TPSA) is 58.6 Å². The predicted molar refractivity (Wildman–Crippen MR) is 84.7 cm³/mol. The maximum Gasteiger partial charge on any atom is 0.410 e. The van der Waals surface area contributed by atoms with Gasteiger partial charge in [-0.15, -0.1) is 5.10 Å². The maximum atomic E-state index is 12.1. The van der Waals surface area contributed by atoms with Gasteiger partial charge in [-0.2, -0.15) is 5.10 Å². The highest BCUT2D eigenvalue weighted by atomic mass is 35.5. The molecule has 0 bridgehead atoms. The summed E-state index contributed by atoms with van der Waals surface area (Å²) in [5.74, 6) is 0.